The number of sulfonamides is 1. The number of aromatic nitrogens is 4. The third kappa shape index (κ3) is 4.58. The van der Waals surface area contributed by atoms with Crippen molar-refractivity contribution in [2.24, 2.45) is 0 Å². The Kier molecular flexibility index (Phi) is 6.04. The molecule has 176 valence electrons. The van der Waals surface area contributed by atoms with Gasteiger partial charge >= 0.3 is 0 Å². The van der Waals surface area contributed by atoms with Crippen LogP contribution in [0.25, 0.3) is 22.3 Å². The van der Waals surface area contributed by atoms with Crippen molar-refractivity contribution >= 4 is 26.7 Å². The molecular weight excluding hydrogens is 442 g/mol. The predicted octanol–water partition coefficient (Wildman–Crippen LogP) is 1.24. The van der Waals surface area contributed by atoms with Crippen LogP contribution in [-0.4, -0.2) is 96.5 Å². The summed E-state index contributed by atoms with van der Waals surface area (Å²) in [6.45, 7) is 8.02. The first-order valence-corrected chi connectivity index (χ1v) is 13.0. The molecule has 2 aliphatic heterocycles. The number of morpholine rings is 1. The highest BCUT2D eigenvalue weighted by molar-refractivity contribution is 7.88. The van der Waals surface area contributed by atoms with Gasteiger partial charge in [-0.15, -0.1) is 0 Å². The first kappa shape index (κ1) is 22.2. The summed E-state index contributed by atoms with van der Waals surface area (Å²) in [6.07, 6.45) is 3.08. The maximum Gasteiger partial charge on any atom is 0.211 e. The minimum atomic E-state index is -3.16. The lowest BCUT2D eigenvalue weighted by Gasteiger charge is -2.34. The van der Waals surface area contributed by atoms with Gasteiger partial charge in [-0.05, 0) is 13.0 Å². The Labute approximate surface area is 193 Å². The highest BCUT2D eigenvalue weighted by Crippen LogP contribution is 2.30. The first-order chi connectivity index (χ1) is 15.9. The minimum absolute atomic E-state index is 0.500. The number of benzene rings is 1. The summed E-state index contributed by atoms with van der Waals surface area (Å²) in [5.41, 5.74) is 3.92. The Balaban J connectivity index is 1.50. The number of ether oxygens (including phenoxy) is 1. The summed E-state index contributed by atoms with van der Waals surface area (Å²) < 4.78 is 30.8. The second kappa shape index (κ2) is 8.98. The molecule has 0 unspecified atom stereocenters. The fourth-order valence-corrected chi connectivity index (χ4v) is 5.33. The van der Waals surface area contributed by atoms with E-state index in [4.69, 9.17) is 14.7 Å². The zero-order chi connectivity index (χ0) is 23.0. The van der Waals surface area contributed by atoms with E-state index in [0.29, 0.717) is 51.8 Å². The molecule has 2 aromatic heterocycles. The zero-order valence-corrected chi connectivity index (χ0v) is 19.8. The molecule has 0 spiro atoms. The predicted molar refractivity (Wildman–Crippen MR) is 127 cm³/mol. The van der Waals surface area contributed by atoms with Crippen LogP contribution in [0, 0.1) is 6.92 Å². The molecule has 2 aliphatic rings. The largest absolute Gasteiger partial charge is 0.378 e. The molecule has 0 aliphatic carbocycles. The van der Waals surface area contributed by atoms with Crippen molar-refractivity contribution in [1.29, 1.82) is 0 Å². The summed E-state index contributed by atoms with van der Waals surface area (Å²) in [4.78, 5) is 14.5. The van der Waals surface area contributed by atoms with Crippen molar-refractivity contribution in [3.05, 3.63) is 35.7 Å². The van der Waals surface area contributed by atoms with E-state index in [9.17, 15) is 8.42 Å². The molecule has 0 atom stereocenters. The van der Waals surface area contributed by atoms with Crippen LogP contribution in [0.15, 0.2) is 24.4 Å². The molecule has 2 saturated heterocycles. The number of H-pyrrole nitrogens is 1. The van der Waals surface area contributed by atoms with Gasteiger partial charge in [0.25, 0.3) is 0 Å². The summed E-state index contributed by atoms with van der Waals surface area (Å²) in [5, 5.41) is 8.20. The standard InChI is InChI=1S/C22H29N7O3S/c1-16-20(15-27-6-8-29(9-7-27)33(2,30)31)24-21(25-22(16)28-10-12-32-13-11-28)17-4-3-5-19-18(17)14-23-26-19/h3-5,14H,6-13,15H2,1-2H3,(H,23,26). The fourth-order valence-electron chi connectivity index (χ4n) is 4.50. The van der Waals surface area contributed by atoms with Gasteiger partial charge in [0, 0.05) is 62.3 Å². The summed E-state index contributed by atoms with van der Waals surface area (Å²) in [7, 11) is -3.16. The number of nitrogens with zero attached hydrogens (tertiary/aromatic N) is 6. The molecule has 0 radical (unpaired) electrons. The summed E-state index contributed by atoms with van der Waals surface area (Å²) in [6, 6.07) is 6.00. The molecule has 33 heavy (non-hydrogen) atoms. The van der Waals surface area contributed by atoms with Gasteiger partial charge in [-0.1, -0.05) is 12.1 Å². The summed E-state index contributed by atoms with van der Waals surface area (Å²) >= 11 is 0. The minimum Gasteiger partial charge on any atom is -0.378 e. The van der Waals surface area contributed by atoms with E-state index in [1.54, 1.807) is 4.31 Å². The lowest BCUT2D eigenvalue weighted by Crippen LogP contribution is -2.48. The lowest BCUT2D eigenvalue weighted by atomic mass is 10.1. The fraction of sp³-hybridized carbons (Fsp3) is 0.500. The quantitative estimate of drug-likeness (QED) is 0.592. The van der Waals surface area contributed by atoms with Crippen molar-refractivity contribution < 1.29 is 13.2 Å². The Bertz CT molecular complexity index is 1250. The topological polar surface area (TPSA) is 108 Å². The Morgan fingerprint density at radius 2 is 1.82 bits per heavy atom. The molecule has 10 nitrogen and oxygen atoms in total. The van der Waals surface area contributed by atoms with Gasteiger partial charge in [0.2, 0.25) is 10.0 Å². The van der Waals surface area contributed by atoms with E-state index in [1.807, 2.05) is 24.4 Å². The highest BCUT2D eigenvalue weighted by atomic mass is 32.2. The van der Waals surface area contributed by atoms with Gasteiger partial charge in [-0.2, -0.15) is 9.40 Å². The molecule has 2 fully saturated rings. The van der Waals surface area contributed by atoms with Gasteiger partial charge in [0.15, 0.2) is 5.82 Å². The van der Waals surface area contributed by atoms with E-state index < -0.39 is 10.0 Å². The van der Waals surface area contributed by atoms with Crippen LogP contribution < -0.4 is 4.90 Å². The molecular formula is C22H29N7O3S. The van der Waals surface area contributed by atoms with Crippen molar-refractivity contribution in [2.45, 2.75) is 13.5 Å². The van der Waals surface area contributed by atoms with Crippen molar-refractivity contribution in [1.82, 2.24) is 29.4 Å². The third-order valence-corrected chi connectivity index (χ3v) is 7.73. The Morgan fingerprint density at radius 3 is 2.55 bits per heavy atom. The zero-order valence-electron chi connectivity index (χ0n) is 19.0. The number of aromatic amines is 1. The molecule has 0 amide bonds. The van der Waals surface area contributed by atoms with Gasteiger partial charge in [-0.3, -0.25) is 10.00 Å². The van der Waals surface area contributed by atoms with Crippen molar-refractivity contribution in [3.8, 4) is 11.4 Å². The van der Waals surface area contributed by atoms with Crippen LogP contribution in [0.3, 0.4) is 0 Å². The SMILES string of the molecule is Cc1c(CN2CCN(S(C)(=O)=O)CC2)nc(-c2cccc3[nH]ncc23)nc1N1CCOCC1. The van der Waals surface area contributed by atoms with Gasteiger partial charge < -0.3 is 9.64 Å². The maximum absolute atomic E-state index is 11.9. The molecule has 0 saturated carbocycles. The van der Waals surface area contributed by atoms with Crippen LogP contribution in [0.2, 0.25) is 0 Å². The normalized spacial score (nSPS) is 18.8. The maximum atomic E-state index is 11.9. The number of anilines is 1. The van der Waals surface area contributed by atoms with E-state index in [-0.39, 0.29) is 0 Å². The second-order valence-corrected chi connectivity index (χ2v) is 10.6. The van der Waals surface area contributed by atoms with Crippen LogP contribution in [0.1, 0.15) is 11.3 Å². The van der Waals surface area contributed by atoms with Gasteiger partial charge in [0.1, 0.15) is 5.82 Å². The molecule has 4 heterocycles. The average Bonchev–Trinajstić information content (AvgIpc) is 3.30. The third-order valence-electron chi connectivity index (χ3n) is 6.43. The Morgan fingerprint density at radius 1 is 1.06 bits per heavy atom. The smallest absolute Gasteiger partial charge is 0.211 e. The van der Waals surface area contributed by atoms with Crippen LogP contribution in [0.5, 0.6) is 0 Å². The van der Waals surface area contributed by atoms with Gasteiger partial charge in [0.05, 0.1) is 36.9 Å². The summed E-state index contributed by atoms with van der Waals surface area (Å²) in [5.74, 6) is 1.62. The monoisotopic (exact) mass is 471 g/mol. The number of hydrogen-bond acceptors (Lipinski definition) is 8. The first-order valence-electron chi connectivity index (χ1n) is 11.2. The molecule has 3 aromatic rings. The molecule has 0 bridgehead atoms. The molecule has 11 heteroatoms. The number of hydrogen-bond donors (Lipinski definition) is 1. The Hall–Kier alpha value is -2.60. The molecule has 5 rings (SSSR count). The highest BCUT2D eigenvalue weighted by Gasteiger charge is 2.26. The van der Waals surface area contributed by atoms with E-state index in [0.717, 1.165) is 46.6 Å². The van der Waals surface area contributed by atoms with Crippen LogP contribution in [0.4, 0.5) is 5.82 Å². The van der Waals surface area contributed by atoms with Crippen LogP contribution in [-0.2, 0) is 21.3 Å². The van der Waals surface area contributed by atoms with Crippen molar-refractivity contribution in [2.75, 3.05) is 63.6 Å². The van der Waals surface area contributed by atoms with Crippen LogP contribution >= 0.6 is 0 Å². The average molecular weight is 472 g/mol. The van der Waals surface area contributed by atoms with Crippen molar-refractivity contribution in [3.63, 3.8) is 0 Å². The molecule has 1 N–H and O–H groups in total. The number of nitrogens with one attached hydrogen (secondary N) is 1. The van der Waals surface area contributed by atoms with Gasteiger partial charge in [-0.25, -0.2) is 18.4 Å². The van der Waals surface area contributed by atoms with E-state index >= 15 is 0 Å². The van der Waals surface area contributed by atoms with E-state index in [1.165, 1.54) is 6.26 Å². The second-order valence-electron chi connectivity index (χ2n) is 8.62. The van der Waals surface area contributed by atoms with E-state index in [2.05, 4.69) is 26.9 Å². The molecule has 1 aromatic carbocycles. The number of rotatable bonds is 5. The number of piperazine rings is 1. The lowest BCUT2D eigenvalue weighted by molar-refractivity contribution is 0.122. The number of fused-ring (bicyclic) bond motifs is 1.